The number of aliphatic hydroxyl groups excluding tert-OH is 2. The van der Waals surface area contributed by atoms with Crippen molar-refractivity contribution in [3.63, 3.8) is 0 Å². The third kappa shape index (κ3) is 3.62. The predicted octanol–water partition coefficient (Wildman–Crippen LogP) is -0.0467. The van der Waals surface area contributed by atoms with Crippen LogP contribution in [0.15, 0.2) is 24.3 Å². The normalized spacial score (nSPS) is 42.5. The molecule has 0 radical (unpaired) electrons. The molecule has 0 spiro atoms. The Labute approximate surface area is 112 Å². The number of ether oxygens (including phenoxy) is 4. The highest BCUT2D eigenvalue weighted by Gasteiger charge is 2.33. The topological polar surface area (TPSA) is 77.4 Å². The monoisotopic (exact) mass is 272 g/mol. The first-order valence-electron chi connectivity index (χ1n) is 6.23. The summed E-state index contributed by atoms with van der Waals surface area (Å²) in [5, 5.41) is 19.7. The van der Waals surface area contributed by atoms with Crippen LogP contribution in [0, 0.1) is 0 Å². The zero-order valence-corrected chi connectivity index (χ0v) is 11.0. The van der Waals surface area contributed by atoms with Crippen molar-refractivity contribution in [3.8, 4) is 0 Å². The van der Waals surface area contributed by atoms with Gasteiger partial charge in [0.05, 0.1) is 24.4 Å². The third-order valence-corrected chi connectivity index (χ3v) is 3.24. The van der Waals surface area contributed by atoms with Crippen LogP contribution in [-0.2, 0) is 18.9 Å². The molecule has 0 fully saturated rings. The van der Waals surface area contributed by atoms with Gasteiger partial charge in [-0.25, -0.2) is 0 Å². The van der Waals surface area contributed by atoms with Gasteiger partial charge < -0.3 is 29.2 Å². The number of hydrogen-bond donors (Lipinski definition) is 2. The second-order valence-corrected chi connectivity index (χ2v) is 4.54. The average Bonchev–Trinajstić information content (AvgIpc) is 2.43. The highest BCUT2D eigenvalue weighted by atomic mass is 16.7. The maximum absolute atomic E-state index is 9.87. The molecule has 0 amide bonds. The van der Waals surface area contributed by atoms with E-state index in [2.05, 4.69) is 0 Å². The molecule has 0 saturated heterocycles. The Kier molecular flexibility index (Phi) is 5.09. The fourth-order valence-electron chi connectivity index (χ4n) is 2.14. The molecule has 0 aromatic heterocycles. The van der Waals surface area contributed by atoms with Gasteiger partial charge in [0.1, 0.15) is 0 Å². The molecule has 0 aromatic rings. The molecular formula is C13H20O6. The summed E-state index contributed by atoms with van der Waals surface area (Å²) in [5.74, 6) is 0. The van der Waals surface area contributed by atoms with E-state index in [1.54, 1.807) is 24.3 Å². The zero-order valence-electron chi connectivity index (χ0n) is 11.0. The highest BCUT2D eigenvalue weighted by Crippen LogP contribution is 2.24. The first-order valence-corrected chi connectivity index (χ1v) is 6.23. The van der Waals surface area contributed by atoms with Crippen LogP contribution in [0.5, 0.6) is 0 Å². The van der Waals surface area contributed by atoms with Gasteiger partial charge in [0.25, 0.3) is 0 Å². The number of aliphatic hydroxyl groups is 2. The maximum atomic E-state index is 9.87. The Balaban J connectivity index is 1.96. The molecule has 6 nitrogen and oxygen atoms in total. The van der Waals surface area contributed by atoms with E-state index in [0.717, 1.165) is 0 Å². The van der Waals surface area contributed by atoms with Gasteiger partial charge in [-0.15, -0.1) is 0 Å². The summed E-state index contributed by atoms with van der Waals surface area (Å²) in [6.07, 6.45) is 3.47. The Hall–Kier alpha value is -0.760. The van der Waals surface area contributed by atoms with Crippen LogP contribution in [0.4, 0.5) is 0 Å². The number of methoxy groups -OCH3 is 2. The SMILES string of the molecule is CO[C@@H]1C=C[C@H](O)[C@@H](C[C@H]2O[C@H](OC)C=C[C@@H]2O)O1. The van der Waals surface area contributed by atoms with E-state index in [1.165, 1.54) is 14.2 Å². The van der Waals surface area contributed by atoms with E-state index in [1.807, 2.05) is 0 Å². The van der Waals surface area contributed by atoms with Crippen molar-refractivity contribution in [2.75, 3.05) is 14.2 Å². The summed E-state index contributed by atoms with van der Waals surface area (Å²) in [4.78, 5) is 0. The molecule has 6 atom stereocenters. The standard InChI is InChI=1S/C13H20O6/c1-16-12-5-3-8(14)10(18-12)7-11-9(15)4-6-13(17-2)19-11/h3-6,8-15H,7H2,1-2H3/t8-,9-,10+,11+,12-,13-/m0/s1. The van der Waals surface area contributed by atoms with Crippen molar-refractivity contribution >= 4 is 0 Å². The van der Waals surface area contributed by atoms with Crippen molar-refractivity contribution in [1.29, 1.82) is 0 Å². The molecule has 2 aliphatic heterocycles. The predicted molar refractivity (Wildman–Crippen MR) is 66.3 cm³/mol. The van der Waals surface area contributed by atoms with Crippen molar-refractivity contribution in [2.45, 2.75) is 43.4 Å². The van der Waals surface area contributed by atoms with Crippen molar-refractivity contribution in [1.82, 2.24) is 0 Å². The molecule has 19 heavy (non-hydrogen) atoms. The lowest BCUT2D eigenvalue weighted by atomic mass is 9.99. The van der Waals surface area contributed by atoms with Crippen molar-refractivity contribution < 1.29 is 29.2 Å². The number of rotatable bonds is 4. The number of hydrogen-bond acceptors (Lipinski definition) is 6. The second kappa shape index (κ2) is 6.60. The molecule has 0 unspecified atom stereocenters. The van der Waals surface area contributed by atoms with E-state index in [4.69, 9.17) is 18.9 Å². The van der Waals surface area contributed by atoms with E-state index < -0.39 is 37.0 Å². The lowest BCUT2D eigenvalue weighted by Crippen LogP contribution is -2.44. The van der Waals surface area contributed by atoms with E-state index in [9.17, 15) is 10.2 Å². The molecule has 2 aliphatic rings. The quantitative estimate of drug-likeness (QED) is 0.699. The zero-order chi connectivity index (χ0) is 13.8. The van der Waals surface area contributed by atoms with Crippen LogP contribution in [0.25, 0.3) is 0 Å². The van der Waals surface area contributed by atoms with Crippen LogP contribution in [0.2, 0.25) is 0 Å². The van der Waals surface area contributed by atoms with Crippen LogP contribution < -0.4 is 0 Å². The fourth-order valence-corrected chi connectivity index (χ4v) is 2.14. The summed E-state index contributed by atoms with van der Waals surface area (Å²) in [6.45, 7) is 0. The van der Waals surface area contributed by atoms with Crippen LogP contribution in [0.3, 0.4) is 0 Å². The molecule has 2 N–H and O–H groups in total. The molecule has 2 rings (SSSR count). The minimum Gasteiger partial charge on any atom is -0.386 e. The van der Waals surface area contributed by atoms with Crippen LogP contribution in [0.1, 0.15) is 6.42 Å². The first-order chi connectivity index (χ1) is 9.13. The Bertz CT molecular complexity index is 310. The van der Waals surface area contributed by atoms with E-state index in [-0.39, 0.29) is 0 Å². The van der Waals surface area contributed by atoms with Gasteiger partial charge in [-0.3, -0.25) is 0 Å². The summed E-state index contributed by atoms with van der Waals surface area (Å²) in [5.41, 5.74) is 0. The third-order valence-electron chi connectivity index (χ3n) is 3.24. The van der Waals surface area contributed by atoms with Crippen molar-refractivity contribution in [2.24, 2.45) is 0 Å². The Morgan fingerprint density at radius 2 is 1.26 bits per heavy atom. The average molecular weight is 272 g/mol. The summed E-state index contributed by atoms with van der Waals surface area (Å²) < 4.78 is 21.2. The smallest absolute Gasteiger partial charge is 0.177 e. The summed E-state index contributed by atoms with van der Waals surface area (Å²) in [6, 6.07) is 0. The molecule has 0 bridgehead atoms. The Morgan fingerprint density at radius 1 is 0.842 bits per heavy atom. The van der Waals surface area contributed by atoms with Gasteiger partial charge in [-0.1, -0.05) is 12.2 Å². The first kappa shape index (κ1) is 14.6. The van der Waals surface area contributed by atoms with Crippen LogP contribution >= 0.6 is 0 Å². The van der Waals surface area contributed by atoms with Crippen LogP contribution in [-0.4, -0.2) is 61.4 Å². The maximum Gasteiger partial charge on any atom is 0.177 e. The lowest BCUT2D eigenvalue weighted by molar-refractivity contribution is -0.197. The lowest BCUT2D eigenvalue weighted by Gasteiger charge is -2.34. The van der Waals surface area contributed by atoms with Gasteiger partial charge in [-0.2, -0.15) is 0 Å². The molecule has 0 aliphatic carbocycles. The minimum absolute atomic E-state index is 0.344. The van der Waals surface area contributed by atoms with Gasteiger partial charge in [-0.05, 0) is 12.2 Å². The summed E-state index contributed by atoms with van der Waals surface area (Å²) >= 11 is 0. The van der Waals surface area contributed by atoms with Gasteiger partial charge >= 0.3 is 0 Å². The van der Waals surface area contributed by atoms with Gasteiger partial charge in [0, 0.05) is 20.6 Å². The Morgan fingerprint density at radius 3 is 1.63 bits per heavy atom. The molecule has 0 aromatic carbocycles. The molecule has 0 saturated carbocycles. The minimum atomic E-state index is -0.742. The van der Waals surface area contributed by atoms with E-state index in [0.29, 0.717) is 6.42 Å². The van der Waals surface area contributed by atoms with E-state index >= 15 is 0 Å². The molecule has 6 heteroatoms. The second-order valence-electron chi connectivity index (χ2n) is 4.54. The summed E-state index contributed by atoms with van der Waals surface area (Å²) in [7, 11) is 3.05. The van der Waals surface area contributed by atoms with Gasteiger partial charge in [0.2, 0.25) is 0 Å². The van der Waals surface area contributed by atoms with Gasteiger partial charge in [0.15, 0.2) is 12.6 Å². The van der Waals surface area contributed by atoms with Crippen molar-refractivity contribution in [3.05, 3.63) is 24.3 Å². The molecular weight excluding hydrogens is 252 g/mol. The largest absolute Gasteiger partial charge is 0.386 e. The molecule has 2 heterocycles. The molecule has 108 valence electrons. The highest BCUT2D eigenvalue weighted by molar-refractivity contribution is 5.04. The fraction of sp³-hybridized carbons (Fsp3) is 0.692.